The molecule has 0 atom stereocenters. The van der Waals surface area contributed by atoms with E-state index in [2.05, 4.69) is 9.97 Å². The summed E-state index contributed by atoms with van der Waals surface area (Å²) in [5.41, 5.74) is 2.92. The second-order valence-corrected chi connectivity index (χ2v) is 8.59. The first kappa shape index (κ1) is 19.5. The number of aryl methyl sites for hydroxylation is 1. The molecular formula is C21H22N4O3S. The fourth-order valence-electron chi connectivity index (χ4n) is 3.72. The molecule has 0 fully saturated rings. The summed E-state index contributed by atoms with van der Waals surface area (Å²) in [4.78, 5) is 49.7. The first-order chi connectivity index (χ1) is 13.8. The summed E-state index contributed by atoms with van der Waals surface area (Å²) in [6.45, 7) is 4.40. The van der Waals surface area contributed by atoms with Crippen LogP contribution in [0.15, 0.2) is 23.0 Å². The van der Waals surface area contributed by atoms with Gasteiger partial charge in [-0.05, 0) is 63.7 Å². The van der Waals surface area contributed by atoms with Crippen molar-refractivity contribution < 1.29 is 9.59 Å². The van der Waals surface area contributed by atoms with Crippen LogP contribution in [0.2, 0.25) is 0 Å². The van der Waals surface area contributed by atoms with E-state index in [0.29, 0.717) is 51.6 Å². The van der Waals surface area contributed by atoms with Crippen molar-refractivity contribution in [2.45, 2.75) is 26.8 Å². The Labute approximate surface area is 172 Å². The van der Waals surface area contributed by atoms with Crippen molar-refractivity contribution in [3.8, 4) is 0 Å². The fourth-order valence-corrected chi connectivity index (χ4v) is 4.87. The van der Waals surface area contributed by atoms with Crippen molar-refractivity contribution in [3.63, 3.8) is 0 Å². The Morgan fingerprint density at radius 2 is 2.07 bits per heavy atom. The van der Waals surface area contributed by atoms with Crippen LogP contribution in [0.25, 0.3) is 10.2 Å². The molecule has 2 aromatic heterocycles. The van der Waals surface area contributed by atoms with Crippen LogP contribution >= 0.6 is 11.3 Å². The molecule has 29 heavy (non-hydrogen) atoms. The number of carbonyl (C=O) groups is 2. The van der Waals surface area contributed by atoms with Crippen molar-refractivity contribution in [1.82, 2.24) is 14.9 Å². The maximum absolute atomic E-state index is 13.3. The number of thiophene rings is 1. The van der Waals surface area contributed by atoms with Gasteiger partial charge >= 0.3 is 0 Å². The molecule has 8 heteroatoms. The molecule has 0 unspecified atom stereocenters. The summed E-state index contributed by atoms with van der Waals surface area (Å²) in [6, 6.07) is 5.45. The van der Waals surface area contributed by atoms with E-state index in [1.807, 2.05) is 31.1 Å². The van der Waals surface area contributed by atoms with Crippen LogP contribution < -0.4 is 10.5 Å². The lowest BCUT2D eigenvalue weighted by Crippen LogP contribution is -2.28. The van der Waals surface area contributed by atoms with Crippen LogP contribution in [0.4, 0.5) is 5.69 Å². The summed E-state index contributed by atoms with van der Waals surface area (Å²) in [5.74, 6) is 0.459. The second kappa shape index (κ2) is 7.20. The van der Waals surface area contributed by atoms with E-state index in [1.54, 1.807) is 17.9 Å². The number of nitrogens with zero attached hydrogens (tertiary/aromatic N) is 3. The average molecular weight is 410 g/mol. The molecule has 7 nitrogen and oxygen atoms in total. The minimum Gasteiger partial charge on any atom is -0.309 e. The zero-order valence-electron chi connectivity index (χ0n) is 16.8. The van der Waals surface area contributed by atoms with Crippen molar-refractivity contribution >= 4 is 38.9 Å². The Kier molecular flexibility index (Phi) is 4.84. The Bertz CT molecular complexity index is 1210. The third-order valence-corrected chi connectivity index (χ3v) is 6.31. The van der Waals surface area contributed by atoms with Gasteiger partial charge in [-0.2, -0.15) is 0 Å². The van der Waals surface area contributed by atoms with Gasteiger partial charge in [-0.3, -0.25) is 14.4 Å². The number of aromatic amines is 1. The van der Waals surface area contributed by atoms with Gasteiger partial charge in [0.15, 0.2) is 5.78 Å². The Morgan fingerprint density at radius 3 is 2.76 bits per heavy atom. The Morgan fingerprint density at radius 1 is 1.31 bits per heavy atom. The first-order valence-electron chi connectivity index (χ1n) is 9.39. The van der Waals surface area contributed by atoms with Gasteiger partial charge in [-0.25, -0.2) is 4.98 Å². The number of carbonyl (C=O) groups excluding carboxylic acids is 2. The lowest BCUT2D eigenvalue weighted by atomic mass is 10.1. The molecule has 1 aliphatic rings. The Balaban J connectivity index is 1.74. The molecule has 1 aromatic carbocycles. The number of benzene rings is 1. The number of amides is 1. The van der Waals surface area contributed by atoms with Gasteiger partial charge in [0.05, 0.1) is 16.8 Å². The maximum atomic E-state index is 13.3. The van der Waals surface area contributed by atoms with E-state index in [-0.39, 0.29) is 17.2 Å². The van der Waals surface area contributed by atoms with E-state index in [9.17, 15) is 14.4 Å². The molecule has 3 aromatic rings. The topological polar surface area (TPSA) is 86.4 Å². The van der Waals surface area contributed by atoms with Crippen molar-refractivity contribution in [2.24, 2.45) is 0 Å². The van der Waals surface area contributed by atoms with Gasteiger partial charge in [0.2, 0.25) is 0 Å². The van der Waals surface area contributed by atoms with Crippen molar-refractivity contribution in [2.75, 3.05) is 25.5 Å². The molecule has 150 valence electrons. The van der Waals surface area contributed by atoms with Crippen molar-refractivity contribution in [1.29, 1.82) is 0 Å². The van der Waals surface area contributed by atoms with Crippen LogP contribution in [0.1, 0.15) is 43.9 Å². The van der Waals surface area contributed by atoms with E-state index in [0.717, 1.165) is 11.3 Å². The number of nitrogens with one attached hydrogen (secondary N) is 1. The molecule has 0 radical (unpaired) electrons. The molecule has 1 aliphatic heterocycles. The van der Waals surface area contributed by atoms with E-state index in [4.69, 9.17) is 0 Å². The smallest absolute Gasteiger partial charge is 0.268 e. The first-order valence-corrected chi connectivity index (χ1v) is 10.2. The predicted octanol–water partition coefficient (Wildman–Crippen LogP) is 2.76. The number of fused-ring (bicyclic) bond motifs is 2. The zero-order valence-corrected chi connectivity index (χ0v) is 17.6. The molecule has 1 amide bonds. The molecular weight excluding hydrogens is 388 g/mol. The number of anilines is 1. The van der Waals surface area contributed by atoms with Crippen LogP contribution in [0, 0.1) is 6.92 Å². The normalized spacial score (nSPS) is 13.3. The van der Waals surface area contributed by atoms with Crippen LogP contribution in [-0.4, -0.2) is 47.2 Å². The Hall–Kier alpha value is -2.84. The number of rotatable bonds is 4. The summed E-state index contributed by atoms with van der Waals surface area (Å²) in [6.07, 6.45) is 0.706. The highest BCUT2D eigenvalue weighted by Gasteiger charge is 2.29. The number of ketones is 1. The number of Topliss-reactive ketones (excluding diaryl/α,β-unsaturated/α-hetero) is 1. The quantitative estimate of drug-likeness (QED) is 0.669. The summed E-state index contributed by atoms with van der Waals surface area (Å²) in [7, 11) is 3.81. The number of H-pyrrole nitrogens is 1. The average Bonchev–Trinajstić information content (AvgIpc) is 3.21. The standard InChI is InChI=1S/C21H22N4O3S/c1-11-17-19(27)22-16(10-24(3)4)23-20(17)29-18(11)21(28)25-8-7-14-9-13(12(2)26)5-6-15(14)25/h5-6,9H,7-8,10H2,1-4H3,(H,22,23,27). The van der Waals surface area contributed by atoms with E-state index in [1.165, 1.54) is 18.3 Å². The third-order valence-electron chi connectivity index (χ3n) is 5.14. The number of aromatic nitrogens is 2. The monoisotopic (exact) mass is 410 g/mol. The lowest BCUT2D eigenvalue weighted by Gasteiger charge is -2.17. The molecule has 0 saturated heterocycles. The van der Waals surface area contributed by atoms with Gasteiger partial charge in [0, 0.05) is 17.8 Å². The van der Waals surface area contributed by atoms with Crippen LogP contribution in [0.5, 0.6) is 0 Å². The minimum atomic E-state index is -0.215. The van der Waals surface area contributed by atoms with Gasteiger partial charge in [-0.15, -0.1) is 11.3 Å². The van der Waals surface area contributed by atoms with E-state index >= 15 is 0 Å². The summed E-state index contributed by atoms with van der Waals surface area (Å²) >= 11 is 1.26. The molecule has 0 bridgehead atoms. The predicted molar refractivity (Wildman–Crippen MR) is 114 cm³/mol. The molecule has 3 heterocycles. The highest BCUT2D eigenvalue weighted by molar-refractivity contribution is 7.20. The highest BCUT2D eigenvalue weighted by atomic mass is 32.1. The maximum Gasteiger partial charge on any atom is 0.268 e. The van der Waals surface area contributed by atoms with Crippen LogP contribution in [0.3, 0.4) is 0 Å². The number of hydrogen-bond donors (Lipinski definition) is 1. The molecule has 0 spiro atoms. The van der Waals surface area contributed by atoms with Gasteiger partial charge < -0.3 is 14.8 Å². The summed E-state index contributed by atoms with van der Waals surface area (Å²) in [5, 5.41) is 0.479. The lowest BCUT2D eigenvalue weighted by molar-refractivity contribution is 0.0990. The second-order valence-electron chi connectivity index (χ2n) is 7.59. The van der Waals surface area contributed by atoms with Crippen molar-refractivity contribution in [3.05, 3.63) is 55.9 Å². The largest absolute Gasteiger partial charge is 0.309 e. The molecule has 1 N–H and O–H groups in total. The summed E-state index contributed by atoms with van der Waals surface area (Å²) < 4.78 is 0. The minimum absolute atomic E-state index is 0.0109. The SMILES string of the molecule is CC(=O)c1ccc2c(c1)CCN2C(=O)c1sc2nc(CN(C)C)[nH]c(=O)c2c1C. The van der Waals surface area contributed by atoms with Gasteiger partial charge in [-0.1, -0.05) is 0 Å². The zero-order chi connectivity index (χ0) is 20.9. The van der Waals surface area contributed by atoms with Gasteiger partial charge in [0.1, 0.15) is 10.7 Å². The van der Waals surface area contributed by atoms with Crippen LogP contribution in [-0.2, 0) is 13.0 Å². The molecule has 0 aliphatic carbocycles. The highest BCUT2D eigenvalue weighted by Crippen LogP contribution is 2.34. The number of hydrogen-bond acceptors (Lipinski definition) is 6. The fraction of sp³-hybridized carbons (Fsp3) is 0.333. The van der Waals surface area contributed by atoms with E-state index < -0.39 is 0 Å². The third kappa shape index (κ3) is 3.38. The molecule has 4 rings (SSSR count). The molecule has 0 saturated carbocycles. The van der Waals surface area contributed by atoms with Gasteiger partial charge in [0.25, 0.3) is 11.5 Å².